The molecule has 1 aromatic rings. The second kappa shape index (κ2) is 5.62. The molecule has 1 aliphatic rings. The van der Waals surface area contributed by atoms with Crippen LogP contribution in [0, 0.1) is 5.92 Å². The summed E-state index contributed by atoms with van der Waals surface area (Å²) in [4.78, 5) is 23.1. The quantitative estimate of drug-likeness (QED) is 0.878. The van der Waals surface area contributed by atoms with Gasteiger partial charge in [-0.25, -0.2) is 4.79 Å². The molecule has 4 nitrogen and oxygen atoms in total. The third kappa shape index (κ3) is 3.25. The third-order valence-electron chi connectivity index (χ3n) is 3.51. The molecule has 0 spiro atoms. The molecule has 0 radical (unpaired) electrons. The number of amides is 1. The summed E-state index contributed by atoms with van der Waals surface area (Å²) in [7, 11) is 0. The number of aliphatic carboxylic acids is 1. The van der Waals surface area contributed by atoms with Crippen LogP contribution in [0.25, 0.3) is 0 Å². The molecule has 1 aliphatic carbocycles. The van der Waals surface area contributed by atoms with Gasteiger partial charge in [-0.1, -0.05) is 36.2 Å². The maximum Gasteiger partial charge on any atom is 0.329 e. The van der Waals surface area contributed by atoms with E-state index in [1.54, 1.807) is 25.1 Å². The Bertz CT molecular complexity index is 555. The van der Waals surface area contributed by atoms with Gasteiger partial charge in [-0.2, -0.15) is 0 Å². The molecule has 108 valence electrons. The number of hydrogen-bond acceptors (Lipinski definition) is 2. The minimum Gasteiger partial charge on any atom is -0.480 e. The number of halogens is 2. The maximum absolute atomic E-state index is 12.0. The highest BCUT2D eigenvalue weighted by atomic mass is 35.5. The zero-order valence-corrected chi connectivity index (χ0v) is 12.5. The molecule has 0 saturated heterocycles. The smallest absolute Gasteiger partial charge is 0.329 e. The number of carbonyl (C=O) groups excluding carboxylic acids is 1. The molecule has 20 heavy (non-hydrogen) atoms. The summed E-state index contributed by atoms with van der Waals surface area (Å²) in [6.45, 7) is 1.75. The first-order valence-electron chi connectivity index (χ1n) is 6.33. The minimum atomic E-state index is -1.05. The molecule has 1 atom stereocenters. The SMILES string of the molecule is CC(Cc1ccc(Cl)cc1Cl)C(=O)NC1(C(=O)O)CC1. The Morgan fingerprint density at radius 1 is 1.40 bits per heavy atom. The Kier molecular flexibility index (Phi) is 4.25. The van der Waals surface area contributed by atoms with E-state index in [2.05, 4.69) is 5.32 Å². The molecule has 1 saturated carbocycles. The Morgan fingerprint density at radius 3 is 2.55 bits per heavy atom. The Morgan fingerprint density at radius 2 is 2.05 bits per heavy atom. The maximum atomic E-state index is 12.0. The average molecular weight is 316 g/mol. The third-order valence-corrected chi connectivity index (χ3v) is 4.10. The van der Waals surface area contributed by atoms with Gasteiger partial charge in [0.05, 0.1) is 0 Å². The van der Waals surface area contributed by atoms with E-state index in [4.69, 9.17) is 28.3 Å². The van der Waals surface area contributed by atoms with Crippen LogP contribution in [-0.2, 0) is 16.0 Å². The van der Waals surface area contributed by atoms with Crippen LogP contribution in [0.2, 0.25) is 10.0 Å². The van der Waals surface area contributed by atoms with Crippen LogP contribution in [-0.4, -0.2) is 22.5 Å². The van der Waals surface area contributed by atoms with Crippen LogP contribution < -0.4 is 5.32 Å². The fourth-order valence-electron chi connectivity index (χ4n) is 1.99. The molecule has 2 N–H and O–H groups in total. The lowest BCUT2D eigenvalue weighted by atomic mass is 10.00. The normalized spacial score (nSPS) is 17.4. The zero-order chi connectivity index (χ0) is 14.9. The van der Waals surface area contributed by atoms with Gasteiger partial charge in [0.15, 0.2) is 0 Å². The summed E-state index contributed by atoms with van der Waals surface area (Å²) in [6.07, 6.45) is 1.42. The zero-order valence-electron chi connectivity index (χ0n) is 11.0. The van der Waals surface area contributed by atoms with E-state index >= 15 is 0 Å². The van der Waals surface area contributed by atoms with Crippen molar-refractivity contribution < 1.29 is 14.7 Å². The van der Waals surface area contributed by atoms with Gasteiger partial charge in [-0.15, -0.1) is 0 Å². The van der Waals surface area contributed by atoms with Gasteiger partial charge in [0.2, 0.25) is 5.91 Å². The lowest BCUT2D eigenvalue weighted by Gasteiger charge is -2.17. The Balaban J connectivity index is 1.99. The summed E-state index contributed by atoms with van der Waals surface area (Å²) in [5.41, 5.74) is -0.228. The molecule has 0 bridgehead atoms. The van der Waals surface area contributed by atoms with Crippen LogP contribution in [0.4, 0.5) is 0 Å². The number of benzene rings is 1. The van der Waals surface area contributed by atoms with Crippen LogP contribution in [0.15, 0.2) is 18.2 Å². The lowest BCUT2D eigenvalue weighted by molar-refractivity contribution is -0.143. The van der Waals surface area contributed by atoms with E-state index < -0.39 is 11.5 Å². The standard InChI is InChI=1S/C14H15Cl2NO3/c1-8(6-9-2-3-10(15)7-11(9)16)12(18)17-14(4-5-14)13(19)20/h2-3,7-8H,4-6H2,1H3,(H,17,18)(H,19,20). The average Bonchev–Trinajstić information content (AvgIpc) is 3.13. The van der Waals surface area contributed by atoms with Crippen molar-refractivity contribution in [3.05, 3.63) is 33.8 Å². The summed E-state index contributed by atoms with van der Waals surface area (Å²) < 4.78 is 0. The molecule has 1 fully saturated rings. The van der Waals surface area contributed by atoms with Crippen molar-refractivity contribution in [2.75, 3.05) is 0 Å². The molecule has 0 aliphatic heterocycles. The highest BCUT2D eigenvalue weighted by Crippen LogP contribution is 2.36. The van der Waals surface area contributed by atoms with Crippen LogP contribution in [0.1, 0.15) is 25.3 Å². The number of rotatable bonds is 5. The van der Waals surface area contributed by atoms with Gasteiger partial charge in [0.25, 0.3) is 0 Å². The van der Waals surface area contributed by atoms with E-state index in [9.17, 15) is 9.59 Å². The monoisotopic (exact) mass is 315 g/mol. The minimum absolute atomic E-state index is 0.268. The molecule has 2 rings (SSSR count). The highest BCUT2D eigenvalue weighted by Gasteiger charge is 2.51. The number of nitrogens with one attached hydrogen (secondary N) is 1. The Labute approximate surface area is 127 Å². The van der Waals surface area contributed by atoms with E-state index in [0.29, 0.717) is 29.3 Å². The van der Waals surface area contributed by atoms with Gasteiger partial charge in [-0.05, 0) is 37.0 Å². The summed E-state index contributed by atoms with van der Waals surface area (Å²) in [5.74, 6) is -1.59. The van der Waals surface area contributed by atoms with Crippen molar-refractivity contribution in [2.45, 2.75) is 31.7 Å². The molecule has 1 unspecified atom stereocenters. The van der Waals surface area contributed by atoms with Crippen molar-refractivity contribution >= 4 is 35.1 Å². The fourth-order valence-corrected chi connectivity index (χ4v) is 2.47. The number of carboxylic acid groups (broad SMARTS) is 1. The summed E-state index contributed by atoms with van der Waals surface area (Å²) in [5, 5.41) is 12.7. The first-order chi connectivity index (χ1) is 9.34. The second-order valence-corrected chi connectivity index (χ2v) is 6.06. The van der Waals surface area contributed by atoms with E-state index in [0.717, 1.165) is 5.56 Å². The predicted molar refractivity (Wildman–Crippen MR) is 77.1 cm³/mol. The highest BCUT2D eigenvalue weighted by molar-refractivity contribution is 6.35. The van der Waals surface area contributed by atoms with Crippen LogP contribution >= 0.6 is 23.2 Å². The van der Waals surface area contributed by atoms with Crippen molar-refractivity contribution in [1.29, 1.82) is 0 Å². The second-order valence-electron chi connectivity index (χ2n) is 5.22. The van der Waals surface area contributed by atoms with Crippen molar-refractivity contribution in [2.24, 2.45) is 5.92 Å². The van der Waals surface area contributed by atoms with Gasteiger partial charge in [0, 0.05) is 16.0 Å². The van der Waals surface area contributed by atoms with Gasteiger partial charge in [-0.3, -0.25) is 4.79 Å². The Hall–Kier alpha value is -1.26. The molecule has 0 heterocycles. The number of hydrogen-bond donors (Lipinski definition) is 2. The molecule has 1 amide bonds. The van der Waals surface area contributed by atoms with Crippen molar-refractivity contribution in [1.82, 2.24) is 5.32 Å². The van der Waals surface area contributed by atoms with Crippen molar-refractivity contribution in [3.8, 4) is 0 Å². The fraction of sp³-hybridized carbons (Fsp3) is 0.429. The summed E-state index contributed by atoms with van der Waals surface area (Å²) in [6, 6.07) is 5.12. The van der Waals surface area contributed by atoms with Gasteiger partial charge >= 0.3 is 5.97 Å². The number of carbonyl (C=O) groups is 2. The molecular formula is C14H15Cl2NO3. The molecule has 6 heteroatoms. The molecule has 1 aromatic carbocycles. The van der Waals surface area contributed by atoms with E-state index in [-0.39, 0.29) is 11.8 Å². The first-order valence-corrected chi connectivity index (χ1v) is 7.09. The van der Waals surface area contributed by atoms with Gasteiger partial charge in [0.1, 0.15) is 5.54 Å². The topological polar surface area (TPSA) is 66.4 Å². The molecule has 0 aromatic heterocycles. The molecular weight excluding hydrogens is 301 g/mol. The predicted octanol–water partition coefficient (Wildman–Crippen LogP) is 2.91. The van der Waals surface area contributed by atoms with Crippen LogP contribution in [0.3, 0.4) is 0 Å². The first kappa shape index (κ1) is 15.1. The number of carboxylic acids is 1. The van der Waals surface area contributed by atoms with E-state index in [1.165, 1.54) is 0 Å². The van der Waals surface area contributed by atoms with Gasteiger partial charge < -0.3 is 10.4 Å². The van der Waals surface area contributed by atoms with Crippen molar-refractivity contribution in [3.63, 3.8) is 0 Å². The largest absolute Gasteiger partial charge is 0.480 e. The lowest BCUT2D eigenvalue weighted by Crippen LogP contribution is -2.45. The van der Waals surface area contributed by atoms with E-state index in [1.807, 2.05) is 0 Å². The van der Waals surface area contributed by atoms with Crippen LogP contribution in [0.5, 0.6) is 0 Å². The summed E-state index contributed by atoms with van der Waals surface area (Å²) >= 11 is 11.9.